The zero-order valence-electron chi connectivity index (χ0n) is 7.11. The lowest BCUT2D eigenvalue weighted by Gasteiger charge is -2.25. The second kappa shape index (κ2) is 5.35. The number of rotatable bonds is 5. The third-order valence-corrected chi connectivity index (χ3v) is 1.48. The fourth-order valence-electron chi connectivity index (χ4n) is 0.851. The highest BCUT2D eigenvalue weighted by Gasteiger charge is 2.18. The van der Waals surface area contributed by atoms with Crippen molar-refractivity contribution in [2.24, 2.45) is 0 Å². The molecule has 0 rings (SSSR count). The molecule has 0 unspecified atom stereocenters. The molecule has 0 fully saturated rings. The molecule has 0 N–H and O–H groups in total. The maximum absolute atomic E-state index is 11.8. The summed E-state index contributed by atoms with van der Waals surface area (Å²) in [5, 5.41) is 0. The van der Waals surface area contributed by atoms with Gasteiger partial charge < -0.3 is 0 Å². The summed E-state index contributed by atoms with van der Waals surface area (Å²) in [6.07, 6.45) is -5.10. The molecule has 0 radical (unpaired) electrons. The van der Waals surface area contributed by atoms with Crippen LogP contribution in [0.3, 0.4) is 0 Å². The minimum Gasteiger partial charge on any atom is -0.290 e. The van der Waals surface area contributed by atoms with Crippen molar-refractivity contribution in [3.05, 3.63) is 0 Å². The molecule has 0 saturated carbocycles. The van der Waals surface area contributed by atoms with Gasteiger partial charge in [0.2, 0.25) is 0 Å². The van der Waals surface area contributed by atoms with E-state index in [1.807, 2.05) is 0 Å². The monoisotopic (exact) mass is 187 g/mol. The first-order chi connectivity index (χ1) is 5.43. The van der Waals surface area contributed by atoms with Gasteiger partial charge in [0.1, 0.15) is 0 Å². The molecule has 0 amide bonds. The third kappa shape index (κ3) is 5.35. The highest BCUT2D eigenvalue weighted by molar-refractivity contribution is 4.64. The van der Waals surface area contributed by atoms with Gasteiger partial charge in [0.25, 0.3) is 12.9 Å². The molecule has 0 aliphatic heterocycles. The second-order valence-electron chi connectivity index (χ2n) is 2.83. The molecule has 0 aromatic rings. The lowest BCUT2D eigenvalue weighted by atomic mass is 10.3. The second-order valence-corrected chi connectivity index (χ2v) is 2.83. The Kier molecular flexibility index (Phi) is 5.20. The quantitative estimate of drug-likeness (QED) is 0.596. The van der Waals surface area contributed by atoms with E-state index in [9.17, 15) is 17.6 Å². The van der Waals surface area contributed by atoms with E-state index in [1.54, 1.807) is 13.8 Å². The van der Waals surface area contributed by atoms with Crippen LogP contribution in [0.5, 0.6) is 0 Å². The molecule has 12 heavy (non-hydrogen) atoms. The van der Waals surface area contributed by atoms with Crippen molar-refractivity contribution in [3.8, 4) is 0 Å². The van der Waals surface area contributed by atoms with Gasteiger partial charge in [0, 0.05) is 6.04 Å². The van der Waals surface area contributed by atoms with Gasteiger partial charge in [0.15, 0.2) is 0 Å². The minimum absolute atomic E-state index is 0.270. The van der Waals surface area contributed by atoms with Crippen LogP contribution in [0.2, 0.25) is 0 Å². The summed E-state index contributed by atoms with van der Waals surface area (Å²) in [4.78, 5) is 1.06. The Morgan fingerprint density at radius 3 is 1.42 bits per heavy atom. The molecule has 0 saturated heterocycles. The normalized spacial score (nSPS) is 12.5. The van der Waals surface area contributed by atoms with Gasteiger partial charge >= 0.3 is 0 Å². The SMILES string of the molecule is CC(C)N(CC(F)F)CC(F)F. The van der Waals surface area contributed by atoms with Crippen LogP contribution in [0.25, 0.3) is 0 Å². The number of alkyl halides is 4. The molecule has 1 nitrogen and oxygen atoms in total. The van der Waals surface area contributed by atoms with E-state index in [-0.39, 0.29) is 6.04 Å². The van der Waals surface area contributed by atoms with E-state index in [0.29, 0.717) is 0 Å². The van der Waals surface area contributed by atoms with Crippen LogP contribution >= 0.6 is 0 Å². The van der Waals surface area contributed by atoms with Crippen LogP contribution in [0.15, 0.2) is 0 Å². The first-order valence-corrected chi connectivity index (χ1v) is 3.73. The lowest BCUT2D eigenvalue weighted by Crippen LogP contribution is -2.38. The first kappa shape index (κ1) is 11.7. The maximum atomic E-state index is 11.8. The number of hydrogen-bond donors (Lipinski definition) is 0. The van der Waals surface area contributed by atoms with E-state index in [1.165, 1.54) is 0 Å². The molecular weight excluding hydrogens is 174 g/mol. The summed E-state index contributed by atoms with van der Waals surface area (Å²) in [5.41, 5.74) is 0. The molecule has 0 aromatic carbocycles. The summed E-state index contributed by atoms with van der Waals surface area (Å²) in [6.45, 7) is 2.07. The van der Waals surface area contributed by atoms with Crippen molar-refractivity contribution in [2.75, 3.05) is 13.1 Å². The highest BCUT2D eigenvalue weighted by Crippen LogP contribution is 2.06. The Bertz CT molecular complexity index is 106. The predicted octanol–water partition coefficient (Wildman–Crippen LogP) is 2.23. The van der Waals surface area contributed by atoms with Gasteiger partial charge in [-0.2, -0.15) is 0 Å². The van der Waals surface area contributed by atoms with Crippen LogP contribution < -0.4 is 0 Å². The van der Waals surface area contributed by atoms with Gasteiger partial charge in [-0.25, -0.2) is 17.6 Å². The predicted molar refractivity (Wildman–Crippen MR) is 38.7 cm³/mol. The molecule has 0 aromatic heterocycles. The largest absolute Gasteiger partial charge is 0.290 e. The molecule has 0 atom stereocenters. The maximum Gasteiger partial charge on any atom is 0.251 e. The molecule has 0 bridgehead atoms. The topological polar surface area (TPSA) is 3.24 Å². The molecule has 0 aliphatic carbocycles. The van der Waals surface area contributed by atoms with E-state index >= 15 is 0 Å². The number of hydrogen-bond acceptors (Lipinski definition) is 1. The van der Waals surface area contributed by atoms with Gasteiger partial charge in [0.05, 0.1) is 13.1 Å². The van der Waals surface area contributed by atoms with Crippen molar-refractivity contribution in [2.45, 2.75) is 32.7 Å². The van der Waals surface area contributed by atoms with E-state index in [0.717, 1.165) is 4.90 Å². The summed E-state index contributed by atoms with van der Waals surface area (Å²) < 4.78 is 47.2. The van der Waals surface area contributed by atoms with Crippen molar-refractivity contribution in [1.82, 2.24) is 4.90 Å². The Labute approximate surface area is 69.4 Å². The summed E-state index contributed by atoms with van der Waals surface area (Å²) >= 11 is 0. The molecule has 0 spiro atoms. The van der Waals surface area contributed by atoms with Gasteiger partial charge in [-0.1, -0.05) is 0 Å². The molecule has 74 valence electrons. The number of nitrogens with zero attached hydrogens (tertiary/aromatic N) is 1. The number of halogens is 4. The smallest absolute Gasteiger partial charge is 0.251 e. The Hall–Kier alpha value is -0.320. The van der Waals surface area contributed by atoms with Crippen LogP contribution in [-0.4, -0.2) is 36.9 Å². The van der Waals surface area contributed by atoms with Crippen molar-refractivity contribution in [1.29, 1.82) is 0 Å². The van der Waals surface area contributed by atoms with Crippen LogP contribution in [0.1, 0.15) is 13.8 Å². The third-order valence-electron chi connectivity index (χ3n) is 1.48. The minimum atomic E-state index is -2.55. The average molecular weight is 187 g/mol. The molecule has 0 aliphatic rings. The van der Waals surface area contributed by atoms with E-state index in [2.05, 4.69) is 0 Å². The zero-order chi connectivity index (χ0) is 9.72. The van der Waals surface area contributed by atoms with E-state index < -0.39 is 25.9 Å². The summed E-state index contributed by atoms with van der Waals surface area (Å²) in [6, 6.07) is -0.270. The molecule has 0 heterocycles. The molecule has 5 heteroatoms. The zero-order valence-corrected chi connectivity index (χ0v) is 7.11. The van der Waals surface area contributed by atoms with Crippen LogP contribution in [0, 0.1) is 0 Å². The Morgan fingerprint density at radius 1 is 0.917 bits per heavy atom. The summed E-state index contributed by atoms with van der Waals surface area (Å²) in [5.74, 6) is 0. The average Bonchev–Trinajstić information content (AvgIpc) is 1.83. The fraction of sp³-hybridized carbons (Fsp3) is 1.00. The first-order valence-electron chi connectivity index (χ1n) is 3.73. The van der Waals surface area contributed by atoms with Gasteiger partial charge in [-0.3, -0.25) is 4.90 Å². The Balaban J connectivity index is 3.87. The fourth-order valence-corrected chi connectivity index (χ4v) is 0.851. The van der Waals surface area contributed by atoms with Gasteiger partial charge in [-0.15, -0.1) is 0 Å². The van der Waals surface area contributed by atoms with E-state index in [4.69, 9.17) is 0 Å². The molecular formula is C7H13F4N. The van der Waals surface area contributed by atoms with Gasteiger partial charge in [-0.05, 0) is 13.8 Å². The lowest BCUT2D eigenvalue weighted by molar-refractivity contribution is 0.0281. The van der Waals surface area contributed by atoms with Crippen molar-refractivity contribution < 1.29 is 17.6 Å². The highest BCUT2D eigenvalue weighted by atomic mass is 19.3. The van der Waals surface area contributed by atoms with Crippen molar-refractivity contribution >= 4 is 0 Å². The Morgan fingerprint density at radius 2 is 1.25 bits per heavy atom. The van der Waals surface area contributed by atoms with Crippen molar-refractivity contribution in [3.63, 3.8) is 0 Å². The van der Waals surface area contributed by atoms with Crippen LogP contribution in [0.4, 0.5) is 17.6 Å². The van der Waals surface area contributed by atoms with Crippen LogP contribution in [-0.2, 0) is 0 Å². The standard InChI is InChI=1S/C7H13F4N/c1-5(2)12(3-6(8)9)4-7(10)11/h5-7H,3-4H2,1-2H3. The summed E-state index contributed by atoms with van der Waals surface area (Å²) in [7, 11) is 0.